The molecule has 4 aromatic rings. The summed E-state index contributed by atoms with van der Waals surface area (Å²) in [7, 11) is 0. The van der Waals surface area contributed by atoms with Crippen LogP contribution in [0.2, 0.25) is 0 Å². The van der Waals surface area contributed by atoms with Gasteiger partial charge in [-0.1, -0.05) is 17.3 Å². The van der Waals surface area contributed by atoms with Crippen molar-refractivity contribution in [2.75, 3.05) is 5.32 Å². The second-order valence-electron chi connectivity index (χ2n) is 6.75. The number of hydrogen-bond acceptors (Lipinski definition) is 7. The first-order valence-electron chi connectivity index (χ1n) is 9.59. The maximum atomic E-state index is 12.9. The third-order valence-corrected chi connectivity index (χ3v) is 5.41. The molecule has 2 aromatic carbocycles. The lowest BCUT2D eigenvalue weighted by Gasteiger charge is -2.12. The molecule has 1 amide bonds. The van der Waals surface area contributed by atoms with Crippen molar-refractivity contribution in [1.29, 1.82) is 0 Å². The summed E-state index contributed by atoms with van der Waals surface area (Å²) in [6, 6.07) is 16.6. The monoisotopic (exact) mass is 432 g/mol. The van der Waals surface area contributed by atoms with Gasteiger partial charge >= 0.3 is 0 Å². The highest BCUT2D eigenvalue weighted by Crippen LogP contribution is 2.29. The van der Waals surface area contributed by atoms with E-state index in [1.54, 1.807) is 25.4 Å². The summed E-state index contributed by atoms with van der Waals surface area (Å²) in [6.45, 7) is 3.70. The summed E-state index contributed by atoms with van der Waals surface area (Å²) in [4.78, 5) is 22.0. The van der Waals surface area contributed by atoms with Crippen molar-refractivity contribution < 1.29 is 14.1 Å². The number of nitrogens with one attached hydrogen (secondary N) is 1. The van der Waals surface area contributed by atoms with E-state index >= 15 is 0 Å². The molecule has 31 heavy (non-hydrogen) atoms. The molecular formula is C23H20N4O3S. The lowest BCUT2D eigenvalue weighted by molar-refractivity contribution is 0.102. The number of pyridine rings is 1. The van der Waals surface area contributed by atoms with Gasteiger partial charge < -0.3 is 14.6 Å². The SMILES string of the molecule is Cc1noc(CSc2ccccc2C(=O)Nc2ccc(Oc3cccnc3)c(C)c2)n1. The summed E-state index contributed by atoms with van der Waals surface area (Å²) >= 11 is 1.48. The van der Waals surface area contributed by atoms with Crippen LogP contribution in [0.25, 0.3) is 0 Å². The average molecular weight is 433 g/mol. The molecule has 7 nitrogen and oxygen atoms in total. The molecule has 2 heterocycles. The Balaban J connectivity index is 1.45. The Labute approximate surface area is 183 Å². The predicted octanol–water partition coefficient (Wildman–Crippen LogP) is 5.42. The third-order valence-electron chi connectivity index (χ3n) is 4.35. The number of amides is 1. The van der Waals surface area contributed by atoms with Crippen LogP contribution in [0.1, 0.15) is 27.6 Å². The molecular weight excluding hydrogens is 412 g/mol. The van der Waals surface area contributed by atoms with Gasteiger partial charge in [-0.25, -0.2) is 0 Å². The number of benzene rings is 2. The number of nitrogens with zero attached hydrogens (tertiary/aromatic N) is 3. The van der Waals surface area contributed by atoms with Gasteiger partial charge in [-0.05, 0) is 61.9 Å². The number of thioether (sulfide) groups is 1. The zero-order valence-electron chi connectivity index (χ0n) is 17.0. The number of aryl methyl sites for hydroxylation is 2. The van der Waals surface area contributed by atoms with Crippen LogP contribution in [0.3, 0.4) is 0 Å². The normalized spacial score (nSPS) is 10.6. The molecule has 0 saturated carbocycles. The van der Waals surface area contributed by atoms with Gasteiger partial charge in [-0.15, -0.1) is 11.8 Å². The molecule has 0 atom stereocenters. The number of anilines is 1. The molecule has 156 valence electrons. The van der Waals surface area contributed by atoms with Crippen LogP contribution in [0.5, 0.6) is 11.5 Å². The zero-order chi connectivity index (χ0) is 21.6. The van der Waals surface area contributed by atoms with Crippen molar-refractivity contribution in [2.24, 2.45) is 0 Å². The van der Waals surface area contributed by atoms with E-state index in [4.69, 9.17) is 9.26 Å². The summed E-state index contributed by atoms with van der Waals surface area (Å²) in [5.74, 6) is 2.78. The van der Waals surface area contributed by atoms with Gasteiger partial charge in [0.1, 0.15) is 11.5 Å². The first-order chi connectivity index (χ1) is 15.1. The van der Waals surface area contributed by atoms with Gasteiger partial charge in [0.2, 0.25) is 5.89 Å². The average Bonchev–Trinajstić information content (AvgIpc) is 3.20. The molecule has 0 spiro atoms. The fourth-order valence-corrected chi connectivity index (χ4v) is 3.78. The minimum absolute atomic E-state index is 0.190. The van der Waals surface area contributed by atoms with E-state index in [1.807, 2.05) is 55.5 Å². The fourth-order valence-electron chi connectivity index (χ4n) is 2.89. The Morgan fingerprint density at radius 1 is 1.13 bits per heavy atom. The Morgan fingerprint density at radius 3 is 2.74 bits per heavy atom. The second-order valence-corrected chi connectivity index (χ2v) is 7.76. The summed E-state index contributed by atoms with van der Waals surface area (Å²) < 4.78 is 11.0. The van der Waals surface area contributed by atoms with Crippen LogP contribution >= 0.6 is 11.8 Å². The van der Waals surface area contributed by atoms with E-state index in [2.05, 4.69) is 20.4 Å². The summed E-state index contributed by atoms with van der Waals surface area (Å²) in [5, 5.41) is 6.75. The molecule has 8 heteroatoms. The second kappa shape index (κ2) is 9.44. The van der Waals surface area contributed by atoms with Crippen molar-refractivity contribution in [1.82, 2.24) is 15.1 Å². The van der Waals surface area contributed by atoms with Crippen LogP contribution in [0, 0.1) is 13.8 Å². The number of aromatic nitrogens is 3. The highest BCUT2D eigenvalue weighted by Gasteiger charge is 2.14. The molecule has 0 bridgehead atoms. The van der Waals surface area contributed by atoms with Gasteiger partial charge in [0.25, 0.3) is 5.91 Å². The number of hydrogen-bond donors (Lipinski definition) is 1. The lowest BCUT2D eigenvalue weighted by atomic mass is 10.1. The van der Waals surface area contributed by atoms with E-state index in [9.17, 15) is 4.79 Å². The highest BCUT2D eigenvalue weighted by molar-refractivity contribution is 7.98. The molecule has 0 saturated heterocycles. The third kappa shape index (κ3) is 5.29. The molecule has 2 aromatic heterocycles. The Hall–Kier alpha value is -3.65. The summed E-state index contributed by atoms with van der Waals surface area (Å²) in [6.07, 6.45) is 3.34. The minimum atomic E-state index is -0.190. The van der Waals surface area contributed by atoms with E-state index < -0.39 is 0 Å². The molecule has 0 aliphatic carbocycles. The number of carbonyl (C=O) groups excluding carboxylic acids is 1. The summed E-state index contributed by atoms with van der Waals surface area (Å²) in [5.41, 5.74) is 2.17. The molecule has 0 radical (unpaired) electrons. The first kappa shape index (κ1) is 20.6. The van der Waals surface area contributed by atoms with Gasteiger partial charge in [-0.3, -0.25) is 9.78 Å². The largest absolute Gasteiger partial charge is 0.455 e. The van der Waals surface area contributed by atoms with E-state index in [0.29, 0.717) is 40.2 Å². The van der Waals surface area contributed by atoms with Crippen molar-refractivity contribution in [2.45, 2.75) is 24.5 Å². The predicted molar refractivity (Wildman–Crippen MR) is 118 cm³/mol. The van der Waals surface area contributed by atoms with Crippen molar-refractivity contribution in [3.05, 3.63) is 89.8 Å². The maximum Gasteiger partial charge on any atom is 0.256 e. The van der Waals surface area contributed by atoms with Crippen LogP contribution in [0.4, 0.5) is 5.69 Å². The minimum Gasteiger partial charge on any atom is -0.455 e. The van der Waals surface area contributed by atoms with Crippen molar-refractivity contribution in [3.8, 4) is 11.5 Å². The molecule has 1 N–H and O–H groups in total. The zero-order valence-corrected chi connectivity index (χ0v) is 17.8. The van der Waals surface area contributed by atoms with Gasteiger partial charge in [-0.2, -0.15) is 4.98 Å². The number of rotatable bonds is 7. The van der Waals surface area contributed by atoms with Gasteiger partial charge in [0.15, 0.2) is 5.82 Å². The fraction of sp³-hybridized carbons (Fsp3) is 0.130. The van der Waals surface area contributed by atoms with Crippen LogP contribution < -0.4 is 10.1 Å². The molecule has 0 aliphatic rings. The number of carbonyl (C=O) groups is 1. The maximum absolute atomic E-state index is 12.9. The Bertz CT molecular complexity index is 1190. The standard InChI is InChI=1S/C23H20N4O3S/c1-15-12-17(9-10-20(15)29-18-6-5-11-24-13-18)26-23(28)19-7-3-4-8-21(19)31-14-22-25-16(2)27-30-22/h3-13H,14H2,1-2H3,(H,26,28). The van der Waals surface area contributed by atoms with Crippen molar-refractivity contribution >= 4 is 23.4 Å². The van der Waals surface area contributed by atoms with Crippen molar-refractivity contribution in [3.63, 3.8) is 0 Å². The Kier molecular flexibility index (Phi) is 6.28. The van der Waals surface area contributed by atoms with Crippen LogP contribution in [-0.2, 0) is 5.75 Å². The lowest BCUT2D eigenvalue weighted by Crippen LogP contribution is -2.13. The molecule has 0 unspecified atom stereocenters. The molecule has 4 rings (SSSR count). The van der Waals surface area contributed by atoms with Crippen LogP contribution in [-0.4, -0.2) is 21.0 Å². The van der Waals surface area contributed by atoms with Gasteiger partial charge in [0, 0.05) is 16.8 Å². The van der Waals surface area contributed by atoms with E-state index in [1.165, 1.54) is 11.8 Å². The smallest absolute Gasteiger partial charge is 0.256 e. The first-order valence-corrected chi connectivity index (χ1v) is 10.6. The van der Waals surface area contributed by atoms with E-state index in [0.717, 1.165) is 10.5 Å². The number of ether oxygens (including phenoxy) is 1. The molecule has 0 fully saturated rings. The van der Waals surface area contributed by atoms with E-state index in [-0.39, 0.29) is 5.91 Å². The Morgan fingerprint density at radius 2 is 2.00 bits per heavy atom. The quantitative estimate of drug-likeness (QED) is 0.390. The highest BCUT2D eigenvalue weighted by atomic mass is 32.2. The molecule has 0 aliphatic heterocycles. The van der Waals surface area contributed by atoms with Gasteiger partial charge in [0.05, 0.1) is 17.5 Å². The van der Waals surface area contributed by atoms with Crippen LogP contribution in [0.15, 0.2) is 76.4 Å². The topological polar surface area (TPSA) is 90.1 Å².